The Morgan fingerprint density at radius 2 is 1.48 bits per heavy atom. The molecule has 0 N–H and O–H groups in total. The number of methoxy groups -OCH3 is 2. The second-order valence-corrected chi connectivity index (χ2v) is 4.59. The molecule has 1 heterocycles. The van der Waals surface area contributed by atoms with Crippen LogP contribution in [0.1, 0.15) is 11.1 Å². The van der Waals surface area contributed by atoms with Gasteiger partial charge in [0.2, 0.25) is 6.79 Å². The number of hydrogen-bond donors (Lipinski definition) is 0. The van der Waals surface area contributed by atoms with E-state index in [0.717, 1.165) is 34.1 Å². The van der Waals surface area contributed by atoms with Gasteiger partial charge >= 0.3 is 0 Å². The van der Waals surface area contributed by atoms with Gasteiger partial charge in [0.25, 0.3) is 0 Å². The van der Waals surface area contributed by atoms with Gasteiger partial charge in [-0.1, -0.05) is 18.2 Å². The fourth-order valence-corrected chi connectivity index (χ4v) is 2.13. The molecule has 0 spiro atoms. The van der Waals surface area contributed by atoms with Gasteiger partial charge in [0.15, 0.2) is 11.5 Å². The summed E-state index contributed by atoms with van der Waals surface area (Å²) in [5.41, 5.74) is 2.05. The normalized spacial score (nSPS) is 12.7. The second kappa shape index (κ2) is 5.79. The molecule has 2 aromatic rings. The van der Waals surface area contributed by atoms with Gasteiger partial charge in [-0.3, -0.25) is 0 Å². The monoisotopic (exact) mass is 284 g/mol. The van der Waals surface area contributed by atoms with Crippen LogP contribution in [0, 0.1) is 0 Å². The quantitative estimate of drug-likeness (QED) is 0.804. The molecule has 0 fully saturated rings. The van der Waals surface area contributed by atoms with E-state index in [0.29, 0.717) is 0 Å². The topological polar surface area (TPSA) is 36.9 Å². The maximum absolute atomic E-state index is 5.37. The van der Waals surface area contributed by atoms with Gasteiger partial charge < -0.3 is 18.9 Å². The molecule has 2 aromatic carbocycles. The van der Waals surface area contributed by atoms with Gasteiger partial charge in [-0.05, 0) is 35.4 Å². The van der Waals surface area contributed by atoms with Crippen molar-refractivity contribution in [2.24, 2.45) is 0 Å². The van der Waals surface area contributed by atoms with Crippen LogP contribution in [0.15, 0.2) is 36.4 Å². The van der Waals surface area contributed by atoms with Gasteiger partial charge in [-0.15, -0.1) is 0 Å². The number of hydrogen-bond acceptors (Lipinski definition) is 4. The molecule has 1 aliphatic heterocycles. The summed E-state index contributed by atoms with van der Waals surface area (Å²) in [5, 5.41) is 0. The first-order chi connectivity index (χ1) is 10.3. The lowest BCUT2D eigenvalue weighted by Gasteiger charge is -2.05. The Bertz CT molecular complexity index is 654. The minimum Gasteiger partial charge on any atom is -0.497 e. The summed E-state index contributed by atoms with van der Waals surface area (Å²) in [6.07, 6.45) is 4.01. The third-order valence-electron chi connectivity index (χ3n) is 3.24. The maximum atomic E-state index is 5.37. The van der Waals surface area contributed by atoms with Crippen molar-refractivity contribution in [2.45, 2.75) is 0 Å². The van der Waals surface area contributed by atoms with E-state index in [1.165, 1.54) is 0 Å². The summed E-state index contributed by atoms with van der Waals surface area (Å²) in [6, 6.07) is 11.6. The molecule has 21 heavy (non-hydrogen) atoms. The predicted molar refractivity (Wildman–Crippen MR) is 81.0 cm³/mol. The highest BCUT2D eigenvalue weighted by Gasteiger charge is 2.12. The summed E-state index contributed by atoms with van der Waals surface area (Å²) in [6.45, 7) is 0.287. The molecule has 0 saturated heterocycles. The van der Waals surface area contributed by atoms with E-state index >= 15 is 0 Å². The van der Waals surface area contributed by atoms with Crippen molar-refractivity contribution in [3.05, 3.63) is 47.5 Å². The van der Waals surface area contributed by atoms with E-state index < -0.39 is 0 Å². The van der Waals surface area contributed by atoms with E-state index in [4.69, 9.17) is 18.9 Å². The summed E-state index contributed by atoms with van der Waals surface area (Å²) < 4.78 is 21.2. The maximum Gasteiger partial charge on any atom is 0.231 e. The Labute approximate surface area is 123 Å². The predicted octanol–water partition coefficient (Wildman–Crippen LogP) is 3.60. The number of rotatable bonds is 4. The molecule has 3 rings (SSSR count). The number of fused-ring (bicyclic) bond motifs is 1. The first-order valence-corrected chi connectivity index (χ1v) is 6.59. The molecule has 0 aromatic heterocycles. The van der Waals surface area contributed by atoms with Gasteiger partial charge in [-0.2, -0.15) is 0 Å². The smallest absolute Gasteiger partial charge is 0.231 e. The zero-order valence-electron chi connectivity index (χ0n) is 12.0. The minimum absolute atomic E-state index is 0.287. The summed E-state index contributed by atoms with van der Waals surface area (Å²) >= 11 is 0. The first-order valence-electron chi connectivity index (χ1n) is 6.59. The van der Waals surface area contributed by atoms with E-state index in [2.05, 4.69) is 0 Å². The van der Waals surface area contributed by atoms with Crippen molar-refractivity contribution in [1.82, 2.24) is 0 Å². The van der Waals surface area contributed by atoms with Crippen LogP contribution in [-0.4, -0.2) is 21.0 Å². The Kier molecular flexibility index (Phi) is 3.69. The van der Waals surface area contributed by atoms with Crippen LogP contribution < -0.4 is 18.9 Å². The molecule has 0 atom stereocenters. The largest absolute Gasteiger partial charge is 0.497 e. The van der Waals surface area contributed by atoms with Gasteiger partial charge in [0.05, 0.1) is 14.2 Å². The molecule has 4 nitrogen and oxygen atoms in total. The van der Waals surface area contributed by atoms with Gasteiger partial charge in [0.1, 0.15) is 11.5 Å². The zero-order valence-corrected chi connectivity index (χ0v) is 12.0. The zero-order chi connectivity index (χ0) is 14.7. The Morgan fingerprint density at radius 3 is 2.19 bits per heavy atom. The van der Waals surface area contributed by atoms with Crippen molar-refractivity contribution in [2.75, 3.05) is 21.0 Å². The average molecular weight is 284 g/mol. The van der Waals surface area contributed by atoms with Crippen LogP contribution in [0.3, 0.4) is 0 Å². The number of benzene rings is 2. The molecule has 0 unspecified atom stereocenters. The van der Waals surface area contributed by atoms with Crippen molar-refractivity contribution in [3.63, 3.8) is 0 Å². The minimum atomic E-state index is 0.287. The first kappa shape index (κ1) is 13.4. The van der Waals surface area contributed by atoms with Gasteiger partial charge in [0, 0.05) is 6.07 Å². The summed E-state index contributed by atoms with van der Waals surface area (Å²) in [7, 11) is 3.28. The van der Waals surface area contributed by atoms with Crippen LogP contribution in [0.4, 0.5) is 0 Å². The average Bonchev–Trinajstić information content (AvgIpc) is 3.00. The van der Waals surface area contributed by atoms with Crippen molar-refractivity contribution < 1.29 is 18.9 Å². The molecule has 0 aliphatic carbocycles. The molecular weight excluding hydrogens is 268 g/mol. The fraction of sp³-hybridized carbons (Fsp3) is 0.176. The van der Waals surface area contributed by atoms with E-state index in [1.54, 1.807) is 14.2 Å². The van der Waals surface area contributed by atoms with E-state index in [9.17, 15) is 0 Å². The Hall–Kier alpha value is -2.62. The van der Waals surface area contributed by atoms with E-state index in [1.807, 2.05) is 48.6 Å². The highest BCUT2D eigenvalue weighted by molar-refractivity contribution is 5.72. The lowest BCUT2D eigenvalue weighted by Crippen LogP contribution is -1.92. The lowest BCUT2D eigenvalue weighted by atomic mass is 10.1. The Balaban J connectivity index is 1.85. The lowest BCUT2D eigenvalue weighted by molar-refractivity contribution is 0.174. The van der Waals surface area contributed by atoms with Gasteiger partial charge in [-0.25, -0.2) is 0 Å². The van der Waals surface area contributed by atoms with Crippen LogP contribution >= 0.6 is 0 Å². The Morgan fingerprint density at radius 1 is 0.810 bits per heavy atom. The third-order valence-corrected chi connectivity index (χ3v) is 3.24. The molecule has 0 amide bonds. The molecular formula is C17H16O4. The van der Waals surface area contributed by atoms with Crippen LogP contribution in [0.25, 0.3) is 12.2 Å². The van der Waals surface area contributed by atoms with Crippen LogP contribution in [-0.2, 0) is 0 Å². The molecule has 108 valence electrons. The second-order valence-electron chi connectivity index (χ2n) is 4.59. The van der Waals surface area contributed by atoms with Crippen LogP contribution in [0.2, 0.25) is 0 Å². The summed E-state index contributed by atoms with van der Waals surface area (Å²) in [4.78, 5) is 0. The van der Waals surface area contributed by atoms with Crippen molar-refractivity contribution >= 4 is 12.2 Å². The molecule has 4 heteroatoms. The number of ether oxygens (including phenoxy) is 4. The standard InChI is InChI=1S/C17H16O4/c1-18-14-7-13(8-15(10-14)19-2)4-3-12-5-6-16-17(9-12)21-11-20-16/h3-10H,11H2,1-2H3. The molecule has 0 bridgehead atoms. The van der Waals surface area contributed by atoms with Crippen molar-refractivity contribution in [3.8, 4) is 23.0 Å². The van der Waals surface area contributed by atoms with Crippen LogP contribution in [0.5, 0.6) is 23.0 Å². The summed E-state index contributed by atoms with van der Waals surface area (Å²) in [5.74, 6) is 3.09. The third kappa shape index (κ3) is 2.94. The molecule has 0 radical (unpaired) electrons. The highest BCUT2D eigenvalue weighted by Crippen LogP contribution is 2.33. The fourth-order valence-electron chi connectivity index (χ4n) is 2.13. The SMILES string of the molecule is COc1cc(C=Cc2ccc3c(c2)OCO3)cc(OC)c1. The molecule has 0 saturated carbocycles. The van der Waals surface area contributed by atoms with Crippen molar-refractivity contribution in [1.29, 1.82) is 0 Å². The van der Waals surface area contributed by atoms with E-state index in [-0.39, 0.29) is 6.79 Å². The highest BCUT2D eigenvalue weighted by atomic mass is 16.7. The molecule has 1 aliphatic rings.